The Morgan fingerprint density at radius 3 is 2.35 bits per heavy atom. The summed E-state index contributed by atoms with van der Waals surface area (Å²) >= 11 is 0. The standard InChI is InChI=1S/C16H22N4/c1-10-6-7-18-14(8-10)16-19-12(3)15(13(4)20-16)11(2)9-17-5/h6-8,11,17H,9H2,1-5H3. The van der Waals surface area contributed by atoms with E-state index in [9.17, 15) is 0 Å². The normalized spacial score (nSPS) is 12.4. The Bertz CT molecular complexity index is 584. The van der Waals surface area contributed by atoms with Crippen LogP contribution >= 0.6 is 0 Å². The van der Waals surface area contributed by atoms with Crippen molar-refractivity contribution >= 4 is 0 Å². The molecule has 0 aliphatic rings. The minimum atomic E-state index is 0.402. The fourth-order valence-electron chi connectivity index (χ4n) is 2.62. The van der Waals surface area contributed by atoms with Crippen LogP contribution in [0.3, 0.4) is 0 Å². The van der Waals surface area contributed by atoms with Gasteiger partial charge in [-0.1, -0.05) is 6.92 Å². The van der Waals surface area contributed by atoms with E-state index >= 15 is 0 Å². The fourth-order valence-corrected chi connectivity index (χ4v) is 2.62. The lowest BCUT2D eigenvalue weighted by Gasteiger charge is -2.17. The summed E-state index contributed by atoms with van der Waals surface area (Å²) < 4.78 is 0. The third kappa shape index (κ3) is 3.02. The summed E-state index contributed by atoms with van der Waals surface area (Å²) in [6.07, 6.45) is 1.80. The van der Waals surface area contributed by atoms with Crippen LogP contribution < -0.4 is 5.32 Å². The molecule has 2 rings (SSSR count). The molecule has 2 heterocycles. The number of likely N-dealkylation sites (N-methyl/N-ethyl adjacent to an activating group) is 1. The number of hydrogen-bond donors (Lipinski definition) is 1. The first kappa shape index (κ1) is 14.6. The van der Waals surface area contributed by atoms with E-state index in [0.29, 0.717) is 11.7 Å². The van der Waals surface area contributed by atoms with Gasteiger partial charge in [-0.15, -0.1) is 0 Å². The van der Waals surface area contributed by atoms with Crippen molar-refractivity contribution in [3.8, 4) is 11.5 Å². The molecular weight excluding hydrogens is 248 g/mol. The van der Waals surface area contributed by atoms with Crippen LogP contribution in [-0.2, 0) is 0 Å². The Morgan fingerprint density at radius 1 is 1.15 bits per heavy atom. The first-order chi connectivity index (χ1) is 9.52. The number of nitrogens with zero attached hydrogens (tertiary/aromatic N) is 3. The van der Waals surface area contributed by atoms with Crippen molar-refractivity contribution in [2.24, 2.45) is 0 Å². The Hall–Kier alpha value is -1.81. The van der Waals surface area contributed by atoms with Crippen LogP contribution in [0.1, 0.15) is 35.4 Å². The summed E-state index contributed by atoms with van der Waals surface area (Å²) in [6.45, 7) is 9.27. The number of aryl methyl sites for hydroxylation is 3. The Morgan fingerprint density at radius 2 is 1.80 bits per heavy atom. The summed E-state index contributed by atoms with van der Waals surface area (Å²) in [6, 6.07) is 4.00. The molecule has 106 valence electrons. The van der Waals surface area contributed by atoms with E-state index in [1.54, 1.807) is 6.20 Å². The van der Waals surface area contributed by atoms with Gasteiger partial charge in [0, 0.05) is 24.1 Å². The molecule has 20 heavy (non-hydrogen) atoms. The van der Waals surface area contributed by atoms with Crippen LogP contribution in [0.5, 0.6) is 0 Å². The summed E-state index contributed by atoms with van der Waals surface area (Å²) in [5.74, 6) is 1.11. The summed E-state index contributed by atoms with van der Waals surface area (Å²) in [5.41, 5.74) is 5.32. The molecule has 1 N–H and O–H groups in total. The second kappa shape index (κ2) is 6.09. The Labute approximate surface area is 120 Å². The van der Waals surface area contributed by atoms with Crippen molar-refractivity contribution < 1.29 is 0 Å². The third-order valence-corrected chi connectivity index (χ3v) is 3.47. The van der Waals surface area contributed by atoms with E-state index in [4.69, 9.17) is 0 Å². The van der Waals surface area contributed by atoms with E-state index in [1.165, 1.54) is 11.1 Å². The van der Waals surface area contributed by atoms with Gasteiger partial charge in [0.05, 0.1) is 0 Å². The maximum absolute atomic E-state index is 4.65. The first-order valence-corrected chi connectivity index (χ1v) is 6.95. The number of rotatable bonds is 4. The van der Waals surface area contributed by atoms with Crippen molar-refractivity contribution in [1.29, 1.82) is 0 Å². The number of pyridine rings is 1. The van der Waals surface area contributed by atoms with Gasteiger partial charge in [-0.25, -0.2) is 9.97 Å². The molecule has 0 fully saturated rings. The highest BCUT2D eigenvalue weighted by Gasteiger charge is 2.15. The highest BCUT2D eigenvalue weighted by Crippen LogP contribution is 2.23. The molecule has 1 unspecified atom stereocenters. The molecule has 2 aromatic heterocycles. The number of aromatic nitrogens is 3. The lowest BCUT2D eigenvalue weighted by atomic mass is 9.98. The molecule has 0 bridgehead atoms. The lowest BCUT2D eigenvalue weighted by molar-refractivity contribution is 0.662. The number of nitrogens with one attached hydrogen (secondary N) is 1. The van der Waals surface area contributed by atoms with Gasteiger partial charge in [0.2, 0.25) is 0 Å². The van der Waals surface area contributed by atoms with Crippen molar-refractivity contribution in [2.75, 3.05) is 13.6 Å². The van der Waals surface area contributed by atoms with Crippen molar-refractivity contribution in [1.82, 2.24) is 20.3 Å². The summed E-state index contributed by atoms with van der Waals surface area (Å²) in [4.78, 5) is 13.7. The van der Waals surface area contributed by atoms with Crippen LogP contribution in [0.2, 0.25) is 0 Å². The molecule has 2 aromatic rings. The highest BCUT2D eigenvalue weighted by molar-refractivity contribution is 5.51. The van der Waals surface area contributed by atoms with E-state index in [2.05, 4.69) is 41.0 Å². The molecule has 0 amide bonds. The largest absolute Gasteiger partial charge is 0.319 e. The molecule has 0 radical (unpaired) electrons. The minimum absolute atomic E-state index is 0.402. The monoisotopic (exact) mass is 270 g/mol. The molecule has 0 saturated carbocycles. The predicted octanol–water partition coefficient (Wildman–Crippen LogP) is 2.79. The van der Waals surface area contributed by atoms with Gasteiger partial charge in [0.15, 0.2) is 5.82 Å². The van der Waals surface area contributed by atoms with Crippen LogP contribution in [0.25, 0.3) is 11.5 Å². The molecule has 0 aromatic carbocycles. The minimum Gasteiger partial charge on any atom is -0.319 e. The van der Waals surface area contributed by atoms with E-state index in [1.807, 2.05) is 26.1 Å². The average Bonchev–Trinajstić information content (AvgIpc) is 2.38. The zero-order chi connectivity index (χ0) is 14.7. The quantitative estimate of drug-likeness (QED) is 0.928. The molecule has 4 nitrogen and oxygen atoms in total. The maximum Gasteiger partial charge on any atom is 0.178 e. The molecule has 4 heteroatoms. The van der Waals surface area contributed by atoms with E-state index in [0.717, 1.165) is 23.6 Å². The average molecular weight is 270 g/mol. The van der Waals surface area contributed by atoms with Crippen molar-refractivity contribution in [2.45, 2.75) is 33.6 Å². The molecule has 1 atom stereocenters. The Balaban J connectivity index is 2.45. The van der Waals surface area contributed by atoms with Gasteiger partial charge in [-0.05, 0) is 57.0 Å². The third-order valence-electron chi connectivity index (χ3n) is 3.47. The van der Waals surface area contributed by atoms with E-state index < -0.39 is 0 Å². The summed E-state index contributed by atoms with van der Waals surface area (Å²) in [7, 11) is 1.97. The SMILES string of the molecule is CNCC(C)c1c(C)nc(-c2cc(C)ccn2)nc1C. The van der Waals surface area contributed by atoms with Gasteiger partial charge in [-0.3, -0.25) is 4.98 Å². The van der Waals surface area contributed by atoms with Gasteiger partial charge >= 0.3 is 0 Å². The van der Waals surface area contributed by atoms with Crippen LogP contribution in [-0.4, -0.2) is 28.5 Å². The highest BCUT2D eigenvalue weighted by atomic mass is 14.9. The molecular formula is C16H22N4. The van der Waals surface area contributed by atoms with Gasteiger partial charge in [-0.2, -0.15) is 0 Å². The first-order valence-electron chi connectivity index (χ1n) is 6.95. The van der Waals surface area contributed by atoms with Gasteiger partial charge in [0.25, 0.3) is 0 Å². The predicted molar refractivity (Wildman–Crippen MR) is 81.8 cm³/mol. The van der Waals surface area contributed by atoms with Crippen LogP contribution in [0.4, 0.5) is 0 Å². The smallest absolute Gasteiger partial charge is 0.178 e. The summed E-state index contributed by atoms with van der Waals surface area (Å²) in [5, 5.41) is 3.21. The zero-order valence-electron chi connectivity index (χ0n) is 12.9. The second-order valence-electron chi connectivity index (χ2n) is 5.31. The zero-order valence-corrected chi connectivity index (χ0v) is 12.9. The molecule has 0 aliphatic carbocycles. The Kier molecular flexibility index (Phi) is 4.45. The lowest BCUT2D eigenvalue weighted by Crippen LogP contribution is -2.17. The number of hydrogen-bond acceptors (Lipinski definition) is 4. The van der Waals surface area contributed by atoms with Crippen molar-refractivity contribution in [3.63, 3.8) is 0 Å². The van der Waals surface area contributed by atoms with Crippen LogP contribution in [0.15, 0.2) is 18.3 Å². The van der Waals surface area contributed by atoms with Crippen molar-refractivity contribution in [3.05, 3.63) is 40.8 Å². The fraction of sp³-hybridized carbons (Fsp3) is 0.438. The van der Waals surface area contributed by atoms with E-state index in [-0.39, 0.29) is 0 Å². The topological polar surface area (TPSA) is 50.7 Å². The molecule has 0 saturated heterocycles. The second-order valence-corrected chi connectivity index (χ2v) is 5.31. The van der Waals surface area contributed by atoms with Gasteiger partial charge in [0.1, 0.15) is 5.69 Å². The molecule has 0 aliphatic heterocycles. The maximum atomic E-state index is 4.65. The molecule has 0 spiro atoms. The van der Waals surface area contributed by atoms with Crippen LogP contribution in [0, 0.1) is 20.8 Å². The van der Waals surface area contributed by atoms with Gasteiger partial charge < -0.3 is 5.32 Å².